The minimum Gasteiger partial charge on any atom is -0.378 e. The van der Waals surface area contributed by atoms with E-state index in [1.807, 2.05) is 31.2 Å². The SMILES string of the molecule is Cc1ccc(NC(=O)Cc2nc3cnc4ccc(C#N)cc4c3n2[C@@H]2CCO[C@H](C)C2)cn1. The topological polar surface area (TPSA) is 106 Å². The largest absolute Gasteiger partial charge is 0.378 e. The summed E-state index contributed by atoms with van der Waals surface area (Å²) in [5, 5.41) is 13.2. The maximum Gasteiger partial charge on any atom is 0.232 e. The van der Waals surface area contributed by atoms with Crippen LogP contribution in [0.2, 0.25) is 0 Å². The van der Waals surface area contributed by atoms with E-state index in [1.165, 1.54) is 0 Å². The number of carbonyl (C=O) groups excluding carboxylic acids is 1. The lowest BCUT2D eigenvalue weighted by atomic mass is 10.0. The second-order valence-corrected chi connectivity index (χ2v) is 8.51. The van der Waals surface area contributed by atoms with Gasteiger partial charge in [0.1, 0.15) is 11.3 Å². The molecule has 1 saturated heterocycles. The van der Waals surface area contributed by atoms with Crippen molar-refractivity contribution in [3.8, 4) is 6.07 Å². The number of aromatic nitrogens is 4. The Hall–Kier alpha value is -3.83. The quantitative estimate of drug-likeness (QED) is 0.513. The molecule has 0 aliphatic carbocycles. The first-order valence-electron chi connectivity index (χ1n) is 11.1. The maximum absolute atomic E-state index is 12.9. The van der Waals surface area contributed by atoms with E-state index in [4.69, 9.17) is 9.72 Å². The molecular weight excluding hydrogens is 416 g/mol. The van der Waals surface area contributed by atoms with Crippen LogP contribution in [0.25, 0.3) is 21.9 Å². The van der Waals surface area contributed by atoms with Crippen LogP contribution in [0.4, 0.5) is 5.69 Å². The Morgan fingerprint density at radius 1 is 1.24 bits per heavy atom. The number of nitrogens with one attached hydrogen (secondary N) is 1. The molecule has 1 amide bonds. The molecule has 5 rings (SSSR count). The highest BCUT2D eigenvalue weighted by Gasteiger charge is 2.27. The Kier molecular flexibility index (Phi) is 5.48. The third-order valence-electron chi connectivity index (χ3n) is 6.05. The van der Waals surface area contributed by atoms with Crippen molar-refractivity contribution >= 4 is 33.5 Å². The molecule has 0 unspecified atom stereocenters. The van der Waals surface area contributed by atoms with Crippen molar-refractivity contribution in [2.24, 2.45) is 0 Å². The summed E-state index contributed by atoms with van der Waals surface area (Å²) < 4.78 is 7.95. The van der Waals surface area contributed by atoms with E-state index in [1.54, 1.807) is 18.5 Å². The Morgan fingerprint density at radius 2 is 2.12 bits per heavy atom. The molecule has 2 atom stereocenters. The molecule has 33 heavy (non-hydrogen) atoms. The summed E-state index contributed by atoms with van der Waals surface area (Å²) in [4.78, 5) is 26.5. The molecule has 1 fully saturated rings. The number of nitrogens with zero attached hydrogens (tertiary/aromatic N) is 5. The van der Waals surface area contributed by atoms with Gasteiger partial charge in [0, 0.05) is 23.7 Å². The van der Waals surface area contributed by atoms with Gasteiger partial charge in [-0.05, 0) is 57.0 Å². The molecule has 1 aliphatic rings. The Bertz CT molecular complexity index is 1390. The number of ether oxygens (including phenoxy) is 1. The fraction of sp³-hybridized carbons (Fsp3) is 0.320. The lowest BCUT2D eigenvalue weighted by Crippen LogP contribution is -2.27. The highest BCUT2D eigenvalue weighted by atomic mass is 16.5. The van der Waals surface area contributed by atoms with Crippen molar-refractivity contribution in [3.63, 3.8) is 0 Å². The molecule has 0 bridgehead atoms. The maximum atomic E-state index is 12.9. The van der Waals surface area contributed by atoms with Gasteiger partial charge in [-0.15, -0.1) is 0 Å². The van der Waals surface area contributed by atoms with Crippen LogP contribution in [0, 0.1) is 18.3 Å². The standard InChI is InChI=1S/C25H24N6O2/c1-15-3-5-18(13-27-15)29-24(32)11-23-30-22-14-28-21-6-4-17(12-26)10-20(21)25(22)31(23)19-7-8-33-16(2)9-19/h3-6,10,13-14,16,19H,7-9,11H2,1-2H3,(H,29,32)/t16-,19-/m1/s1. The summed E-state index contributed by atoms with van der Waals surface area (Å²) in [5.41, 5.74) is 4.53. The van der Waals surface area contributed by atoms with E-state index in [9.17, 15) is 10.1 Å². The van der Waals surface area contributed by atoms with Gasteiger partial charge in [-0.3, -0.25) is 14.8 Å². The number of hydrogen-bond acceptors (Lipinski definition) is 6. The van der Waals surface area contributed by atoms with Crippen LogP contribution in [0.3, 0.4) is 0 Å². The lowest BCUT2D eigenvalue weighted by molar-refractivity contribution is -0.115. The highest BCUT2D eigenvalue weighted by molar-refractivity contribution is 6.03. The average molecular weight is 441 g/mol. The number of carbonyl (C=O) groups is 1. The van der Waals surface area contributed by atoms with E-state index < -0.39 is 0 Å². The van der Waals surface area contributed by atoms with Gasteiger partial charge in [-0.2, -0.15) is 5.26 Å². The van der Waals surface area contributed by atoms with Gasteiger partial charge < -0.3 is 14.6 Å². The molecule has 0 spiro atoms. The van der Waals surface area contributed by atoms with Crippen LogP contribution in [0.1, 0.15) is 42.9 Å². The summed E-state index contributed by atoms with van der Waals surface area (Å²) in [6, 6.07) is 11.5. The first kappa shape index (κ1) is 21.0. The second kappa shape index (κ2) is 8.60. The Balaban J connectivity index is 1.60. The molecule has 3 aromatic heterocycles. The van der Waals surface area contributed by atoms with Gasteiger partial charge >= 0.3 is 0 Å². The van der Waals surface area contributed by atoms with Gasteiger partial charge in [0.25, 0.3) is 0 Å². The molecule has 1 aliphatic heterocycles. The molecule has 4 heterocycles. The molecule has 166 valence electrons. The van der Waals surface area contributed by atoms with Crippen LogP contribution in [-0.2, 0) is 16.0 Å². The number of pyridine rings is 2. The first-order valence-corrected chi connectivity index (χ1v) is 11.1. The smallest absolute Gasteiger partial charge is 0.232 e. The van der Waals surface area contributed by atoms with E-state index in [0.29, 0.717) is 23.7 Å². The van der Waals surface area contributed by atoms with E-state index >= 15 is 0 Å². The lowest BCUT2D eigenvalue weighted by Gasteiger charge is -2.30. The number of aryl methyl sites for hydroxylation is 1. The van der Waals surface area contributed by atoms with E-state index in [0.717, 1.165) is 40.5 Å². The zero-order chi connectivity index (χ0) is 22.9. The van der Waals surface area contributed by atoms with Crippen LogP contribution in [-0.4, -0.2) is 38.1 Å². The van der Waals surface area contributed by atoms with Crippen molar-refractivity contribution in [1.29, 1.82) is 5.26 Å². The predicted octanol–water partition coefficient (Wildman–Crippen LogP) is 4.08. The summed E-state index contributed by atoms with van der Waals surface area (Å²) in [6.45, 7) is 4.62. The number of rotatable bonds is 4. The summed E-state index contributed by atoms with van der Waals surface area (Å²) in [6.07, 6.45) is 5.28. The summed E-state index contributed by atoms with van der Waals surface area (Å²) in [7, 11) is 0. The van der Waals surface area contributed by atoms with Crippen molar-refractivity contribution in [2.75, 3.05) is 11.9 Å². The van der Waals surface area contributed by atoms with Crippen molar-refractivity contribution in [1.82, 2.24) is 19.5 Å². The number of benzene rings is 1. The minimum absolute atomic E-state index is 0.115. The monoisotopic (exact) mass is 440 g/mol. The molecule has 1 N–H and O–H groups in total. The number of nitriles is 1. The average Bonchev–Trinajstić information content (AvgIpc) is 3.18. The van der Waals surface area contributed by atoms with E-state index in [-0.39, 0.29) is 24.5 Å². The molecule has 8 nitrogen and oxygen atoms in total. The Morgan fingerprint density at radius 3 is 2.88 bits per heavy atom. The summed E-state index contributed by atoms with van der Waals surface area (Å²) in [5.74, 6) is 0.519. The third kappa shape index (κ3) is 4.15. The normalized spacial score (nSPS) is 18.3. The zero-order valence-corrected chi connectivity index (χ0v) is 18.6. The molecule has 4 aromatic rings. The van der Waals surface area contributed by atoms with Crippen LogP contribution >= 0.6 is 0 Å². The van der Waals surface area contributed by atoms with Gasteiger partial charge in [0.15, 0.2) is 0 Å². The van der Waals surface area contributed by atoms with Crippen molar-refractivity contribution < 1.29 is 9.53 Å². The fourth-order valence-electron chi connectivity index (χ4n) is 4.51. The third-order valence-corrected chi connectivity index (χ3v) is 6.05. The first-order chi connectivity index (χ1) is 16.0. The predicted molar refractivity (Wildman–Crippen MR) is 125 cm³/mol. The van der Waals surface area contributed by atoms with Crippen molar-refractivity contribution in [3.05, 3.63) is 59.8 Å². The van der Waals surface area contributed by atoms with E-state index in [2.05, 4.69) is 32.8 Å². The van der Waals surface area contributed by atoms with Gasteiger partial charge in [-0.25, -0.2) is 4.98 Å². The van der Waals surface area contributed by atoms with Crippen molar-refractivity contribution in [2.45, 2.75) is 45.3 Å². The minimum atomic E-state index is -0.160. The molecule has 1 aromatic carbocycles. The zero-order valence-electron chi connectivity index (χ0n) is 18.6. The van der Waals surface area contributed by atoms with Gasteiger partial charge in [0.2, 0.25) is 5.91 Å². The highest BCUT2D eigenvalue weighted by Crippen LogP contribution is 2.34. The number of amides is 1. The fourth-order valence-corrected chi connectivity index (χ4v) is 4.51. The number of imidazole rings is 1. The van der Waals surface area contributed by atoms with Crippen LogP contribution in [0.15, 0.2) is 42.7 Å². The second-order valence-electron chi connectivity index (χ2n) is 8.51. The number of fused-ring (bicyclic) bond motifs is 3. The van der Waals surface area contributed by atoms with Crippen LogP contribution in [0.5, 0.6) is 0 Å². The molecule has 0 saturated carbocycles. The molecule has 8 heteroatoms. The molecule has 0 radical (unpaired) electrons. The van der Waals surface area contributed by atoms with Crippen LogP contribution < -0.4 is 5.32 Å². The van der Waals surface area contributed by atoms with Gasteiger partial charge in [0.05, 0.1) is 53.3 Å². The molecular formula is C25H24N6O2. The van der Waals surface area contributed by atoms with Gasteiger partial charge in [-0.1, -0.05) is 0 Å². The number of anilines is 1. The Labute approximate surface area is 191 Å². The summed E-state index contributed by atoms with van der Waals surface area (Å²) >= 11 is 0. The number of hydrogen-bond donors (Lipinski definition) is 1.